The quantitative estimate of drug-likeness (QED) is 0.694. The van der Waals surface area contributed by atoms with Gasteiger partial charge in [-0.15, -0.1) is 11.6 Å². The largest absolute Gasteiger partial charge is 0.444 e. The van der Waals surface area contributed by atoms with Gasteiger partial charge in [0.1, 0.15) is 29.7 Å². The molecule has 0 aliphatic carbocycles. The van der Waals surface area contributed by atoms with E-state index < -0.39 is 0 Å². The number of benzene rings is 1. The first-order chi connectivity index (χ1) is 9.72. The second-order valence-electron chi connectivity index (χ2n) is 4.40. The predicted molar refractivity (Wildman–Crippen MR) is 74.3 cm³/mol. The standard InChI is InChI=1S/C14H11ClN4O/c1-9-7-17-13(20-9)8-19-11-4-2-3-10(6-16)14(11)18-12(19)5-15/h2-4,7H,5,8H2,1H3. The number of fused-ring (bicyclic) bond motifs is 1. The van der Waals surface area contributed by atoms with E-state index in [2.05, 4.69) is 16.0 Å². The van der Waals surface area contributed by atoms with Gasteiger partial charge in [-0.2, -0.15) is 5.26 Å². The molecule has 0 bridgehead atoms. The number of alkyl halides is 1. The predicted octanol–water partition coefficient (Wildman–Crippen LogP) is 2.99. The third kappa shape index (κ3) is 2.04. The molecule has 2 aromatic heterocycles. The Bertz CT molecular complexity index is 812. The van der Waals surface area contributed by atoms with Crippen LogP contribution in [0.2, 0.25) is 0 Å². The van der Waals surface area contributed by atoms with Crippen LogP contribution in [-0.4, -0.2) is 14.5 Å². The molecule has 0 atom stereocenters. The molecule has 0 fully saturated rings. The minimum Gasteiger partial charge on any atom is -0.444 e. The molecule has 0 saturated carbocycles. The topological polar surface area (TPSA) is 67.6 Å². The van der Waals surface area contributed by atoms with E-state index in [1.165, 1.54) is 0 Å². The molecule has 100 valence electrons. The van der Waals surface area contributed by atoms with Crippen molar-refractivity contribution in [3.05, 3.63) is 47.4 Å². The molecule has 0 aliphatic rings. The number of nitriles is 1. The van der Waals surface area contributed by atoms with Crippen LogP contribution in [-0.2, 0) is 12.4 Å². The molecule has 3 rings (SSSR count). The molecule has 2 heterocycles. The lowest BCUT2D eigenvalue weighted by Gasteiger charge is -2.04. The monoisotopic (exact) mass is 286 g/mol. The summed E-state index contributed by atoms with van der Waals surface area (Å²) < 4.78 is 7.42. The molecular weight excluding hydrogens is 276 g/mol. The van der Waals surface area contributed by atoms with E-state index in [0.29, 0.717) is 29.3 Å². The van der Waals surface area contributed by atoms with E-state index in [0.717, 1.165) is 11.3 Å². The average Bonchev–Trinajstić information content (AvgIpc) is 3.03. The molecule has 0 amide bonds. The maximum Gasteiger partial charge on any atom is 0.214 e. The molecule has 6 heteroatoms. The van der Waals surface area contributed by atoms with E-state index in [4.69, 9.17) is 21.3 Å². The summed E-state index contributed by atoms with van der Waals surface area (Å²) in [6, 6.07) is 7.63. The molecule has 0 aliphatic heterocycles. The van der Waals surface area contributed by atoms with E-state index in [9.17, 15) is 0 Å². The van der Waals surface area contributed by atoms with Crippen molar-refractivity contribution in [2.75, 3.05) is 0 Å². The smallest absolute Gasteiger partial charge is 0.214 e. The zero-order chi connectivity index (χ0) is 14.1. The molecular formula is C14H11ClN4O. The number of nitrogens with zero attached hydrogens (tertiary/aromatic N) is 4. The SMILES string of the molecule is Cc1cnc(Cn2c(CCl)nc3c(C#N)cccc32)o1. The maximum atomic E-state index is 9.14. The lowest BCUT2D eigenvalue weighted by molar-refractivity contribution is 0.457. The van der Waals surface area contributed by atoms with Gasteiger partial charge < -0.3 is 8.98 Å². The Labute approximate surface area is 120 Å². The summed E-state index contributed by atoms with van der Waals surface area (Å²) in [6.45, 7) is 2.29. The van der Waals surface area contributed by atoms with Crippen LogP contribution in [0, 0.1) is 18.3 Å². The second-order valence-corrected chi connectivity index (χ2v) is 4.66. The lowest BCUT2D eigenvalue weighted by atomic mass is 10.2. The van der Waals surface area contributed by atoms with Crippen LogP contribution in [0.5, 0.6) is 0 Å². The minimum absolute atomic E-state index is 0.263. The van der Waals surface area contributed by atoms with Gasteiger partial charge in [-0.05, 0) is 19.1 Å². The van der Waals surface area contributed by atoms with Crippen LogP contribution >= 0.6 is 11.6 Å². The van der Waals surface area contributed by atoms with E-state index in [1.54, 1.807) is 12.3 Å². The Balaban J connectivity index is 2.16. The van der Waals surface area contributed by atoms with Crippen molar-refractivity contribution in [1.29, 1.82) is 5.26 Å². The zero-order valence-electron chi connectivity index (χ0n) is 10.8. The summed E-state index contributed by atoms with van der Waals surface area (Å²) in [7, 11) is 0. The van der Waals surface area contributed by atoms with Gasteiger partial charge in [-0.25, -0.2) is 9.97 Å². The highest BCUT2D eigenvalue weighted by molar-refractivity contribution is 6.16. The number of aromatic nitrogens is 3. The van der Waals surface area contributed by atoms with Crippen LogP contribution < -0.4 is 0 Å². The third-order valence-electron chi connectivity index (χ3n) is 3.06. The number of halogens is 1. The van der Waals surface area contributed by atoms with Crippen molar-refractivity contribution in [2.24, 2.45) is 0 Å². The lowest BCUT2D eigenvalue weighted by Crippen LogP contribution is -2.04. The highest BCUT2D eigenvalue weighted by Gasteiger charge is 2.14. The van der Waals surface area contributed by atoms with Crippen molar-refractivity contribution >= 4 is 22.6 Å². The Kier molecular flexibility index (Phi) is 3.17. The fraction of sp³-hybridized carbons (Fsp3) is 0.214. The highest BCUT2D eigenvalue weighted by atomic mass is 35.5. The van der Waals surface area contributed by atoms with Crippen molar-refractivity contribution in [3.63, 3.8) is 0 Å². The third-order valence-corrected chi connectivity index (χ3v) is 3.30. The van der Waals surface area contributed by atoms with Gasteiger partial charge in [-0.3, -0.25) is 0 Å². The van der Waals surface area contributed by atoms with Gasteiger partial charge in [0.25, 0.3) is 0 Å². The van der Waals surface area contributed by atoms with Crippen molar-refractivity contribution in [3.8, 4) is 6.07 Å². The molecule has 0 radical (unpaired) electrons. The number of oxazole rings is 1. The van der Waals surface area contributed by atoms with Gasteiger partial charge >= 0.3 is 0 Å². The summed E-state index contributed by atoms with van der Waals surface area (Å²) in [4.78, 5) is 8.64. The van der Waals surface area contributed by atoms with Gasteiger partial charge in [-0.1, -0.05) is 6.07 Å². The second kappa shape index (κ2) is 4.99. The van der Waals surface area contributed by atoms with E-state index >= 15 is 0 Å². The molecule has 5 nitrogen and oxygen atoms in total. The van der Waals surface area contributed by atoms with E-state index in [-0.39, 0.29) is 5.88 Å². The summed E-state index contributed by atoms with van der Waals surface area (Å²) in [5.74, 6) is 2.31. The fourth-order valence-electron chi connectivity index (χ4n) is 2.17. The van der Waals surface area contributed by atoms with Gasteiger partial charge in [0.05, 0.1) is 23.2 Å². The van der Waals surface area contributed by atoms with Crippen LogP contribution in [0.15, 0.2) is 28.8 Å². The first kappa shape index (κ1) is 12.7. The number of hydrogen-bond donors (Lipinski definition) is 0. The molecule has 0 saturated heterocycles. The first-order valence-electron chi connectivity index (χ1n) is 6.08. The Morgan fingerprint density at radius 2 is 2.30 bits per heavy atom. The molecule has 0 unspecified atom stereocenters. The fourth-order valence-corrected chi connectivity index (χ4v) is 2.38. The number of hydrogen-bond acceptors (Lipinski definition) is 4. The number of rotatable bonds is 3. The summed E-state index contributed by atoms with van der Waals surface area (Å²) in [6.07, 6.45) is 1.68. The van der Waals surface area contributed by atoms with Crippen LogP contribution in [0.1, 0.15) is 23.0 Å². The highest BCUT2D eigenvalue weighted by Crippen LogP contribution is 2.22. The maximum absolute atomic E-state index is 9.14. The van der Waals surface area contributed by atoms with Gasteiger partial charge in [0.15, 0.2) is 0 Å². The zero-order valence-corrected chi connectivity index (χ0v) is 11.6. The summed E-state index contributed by atoms with van der Waals surface area (Å²) >= 11 is 5.95. The van der Waals surface area contributed by atoms with E-state index in [1.807, 2.05) is 23.6 Å². The van der Waals surface area contributed by atoms with Gasteiger partial charge in [0.2, 0.25) is 5.89 Å². The molecule has 3 aromatic rings. The Hall–Kier alpha value is -2.32. The molecule has 1 aromatic carbocycles. The molecule has 0 N–H and O–H groups in total. The minimum atomic E-state index is 0.263. The van der Waals surface area contributed by atoms with Crippen LogP contribution in [0.3, 0.4) is 0 Å². The Morgan fingerprint density at radius 1 is 1.45 bits per heavy atom. The average molecular weight is 287 g/mol. The van der Waals surface area contributed by atoms with Gasteiger partial charge in [0, 0.05) is 0 Å². The molecule has 20 heavy (non-hydrogen) atoms. The Morgan fingerprint density at radius 3 is 2.95 bits per heavy atom. The summed E-state index contributed by atoms with van der Waals surface area (Å²) in [5.41, 5.74) is 2.06. The number of imidazole rings is 1. The first-order valence-corrected chi connectivity index (χ1v) is 6.62. The van der Waals surface area contributed by atoms with Crippen molar-refractivity contribution < 1.29 is 4.42 Å². The molecule has 0 spiro atoms. The van der Waals surface area contributed by atoms with Crippen molar-refractivity contribution in [2.45, 2.75) is 19.3 Å². The number of para-hydroxylation sites is 1. The normalized spacial score (nSPS) is 10.8. The van der Waals surface area contributed by atoms with Crippen LogP contribution in [0.4, 0.5) is 0 Å². The van der Waals surface area contributed by atoms with Crippen LogP contribution in [0.25, 0.3) is 11.0 Å². The number of aryl methyl sites for hydroxylation is 1. The summed E-state index contributed by atoms with van der Waals surface area (Å²) in [5, 5.41) is 9.14. The van der Waals surface area contributed by atoms with Crippen molar-refractivity contribution in [1.82, 2.24) is 14.5 Å².